The highest BCUT2D eigenvalue weighted by Gasteiger charge is 2.30. The normalized spacial score (nSPS) is 30.2. The number of hydrogen-bond acceptors (Lipinski definition) is 3. The van der Waals surface area contributed by atoms with E-state index in [1.165, 1.54) is 18.4 Å². The minimum Gasteiger partial charge on any atom is -0.493 e. The molecule has 1 aromatic carbocycles. The van der Waals surface area contributed by atoms with Gasteiger partial charge >= 0.3 is 0 Å². The zero-order valence-corrected chi connectivity index (χ0v) is 10.7. The van der Waals surface area contributed by atoms with Gasteiger partial charge in [-0.15, -0.1) is 0 Å². The van der Waals surface area contributed by atoms with Gasteiger partial charge in [0.2, 0.25) is 0 Å². The first-order valence-corrected chi connectivity index (χ1v) is 6.92. The highest BCUT2D eigenvalue weighted by atomic mass is 16.5. The molecule has 1 fully saturated rings. The van der Waals surface area contributed by atoms with E-state index in [1.54, 1.807) is 0 Å². The Morgan fingerprint density at radius 3 is 3.06 bits per heavy atom. The largest absolute Gasteiger partial charge is 0.493 e. The second kappa shape index (κ2) is 5.29. The number of para-hydroxylation sites is 1. The summed E-state index contributed by atoms with van der Waals surface area (Å²) < 4.78 is 11.8. The maximum absolute atomic E-state index is 6.09. The summed E-state index contributed by atoms with van der Waals surface area (Å²) in [7, 11) is 0. The summed E-state index contributed by atoms with van der Waals surface area (Å²) in [5, 5.41) is 0. The Hall–Kier alpha value is -1.06. The molecule has 98 valence electrons. The van der Waals surface area contributed by atoms with E-state index in [2.05, 4.69) is 12.1 Å². The van der Waals surface area contributed by atoms with Crippen LogP contribution in [0.3, 0.4) is 0 Å². The van der Waals surface area contributed by atoms with Gasteiger partial charge in [-0.2, -0.15) is 0 Å². The van der Waals surface area contributed by atoms with E-state index < -0.39 is 0 Å². The first-order valence-electron chi connectivity index (χ1n) is 6.92. The van der Waals surface area contributed by atoms with E-state index >= 15 is 0 Å². The van der Waals surface area contributed by atoms with E-state index in [0.29, 0.717) is 17.9 Å². The zero-order chi connectivity index (χ0) is 12.4. The van der Waals surface area contributed by atoms with Crippen molar-refractivity contribution >= 4 is 0 Å². The van der Waals surface area contributed by atoms with Crippen LogP contribution in [0.1, 0.15) is 30.7 Å². The molecule has 3 unspecified atom stereocenters. The van der Waals surface area contributed by atoms with E-state index in [4.69, 9.17) is 15.2 Å². The molecule has 3 atom stereocenters. The van der Waals surface area contributed by atoms with Crippen LogP contribution in [0.15, 0.2) is 24.3 Å². The van der Waals surface area contributed by atoms with Crippen molar-refractivity contribution in [3.8, 4) is 5.75 Å². The van der Waals surface area contributed by atoms with E-state index in [0.717, 1.165) is 31.9 Å². The van der Waals surface area contributed by atoms with Crippen LogP contribution in [0.25, 0.3) is 0 Å². The fraction of sp³-hybridized carbons (Fsp3) is 0.600. The topological polar surface area (TPSA) is 44.5 Å². The average Bonchev–Trinajstić information content (AvgIpc) is 3.02. The lowest BCUT2D eigenvalue weighted by Crippen LogP contribution is -2.27. The second-order valence-corrected chi connectivity index (χ2v) is 5.34. The first-order chi connectivity index (χ1) is 8.88. The van der Waals surface area contributed by atoms with Crippen molar-refractivity contribution in [2.75, 3.05) is 19.8 Å². The maximum atomic E-state index is 6.09. The Balaban J connectivity index is 1.58. The van der Waals surface area contributed by atoms with Crippen LogP contribution in [-0.2, 0) is 4.74 Å². The number of nitrogens with two attached hydrogens (primary N) is 1. The molecular formula is C15H21NO2. The third kappa shape index (κ3) is 2.25. The minimum absolute atomic E-state index is 0.364. The first kappa shape index (κ1) is 12.0. The van der Waals surface area contributed by atoms with Gasteiger partial charge in [-0.25, -0.2) is 0 Å². The Kier molecular flexibility index (Phi) is 3.52. The molecular weight excluding hydrogens is 226 g/mol. The van der Waals surface area contributed by atoms with Crippen molar-refractivity contribution in [1.82, 2.24) is 0 Å². The number of benzene rings is 1. The summed E-state index contributed by atoms with van der Waals surface area (Å²) in [5.41, 5.74) is 7.07. The molecule has 0 aromatic heterocycles. The van der Waals surface area contributed by atoms with Crippen molar-refractivity contribution in [1.29, 1.82) is 0 Å². The molecule has 0 spiro atoms. The predicted octanol–water partition coefficient (Wildman–Crippen LogP) is 2.31. The predicted molar refractivity (Wildman–Crippen MR) is 70.8 cm³/mol. The standard InChI is InChI=1S/C15H21NO2/c16-8-11-4-3-7-14(11)17-9-12-10-18-15-6-2-1-5-13(12)15/h1-2,5-6,11-12,14H,3-4,7-10,16H2. The Labute approximate surface area is 108 Å². The molecule has 0 radical (unpaired) electrons. The van der Waals surface area contributed by atoms with E-state index in [-0.39, 0.29) is 0 Å². The van der Waals surface area contributed by atoms with E-state index in [1.807, 2.05) is 12.1 Å². The zero-order valence-electron chi connectivity index (χ0n) is 10.7. The fourth-order valence-electron chi connectivity index (χ4n) is 3.10. The molecule has 0 bridgehead atoms. The molecule has 0 amide bonds. The number of ether oxygens (including phenoxy) is 2. The SMILES string of the molecule is NCC1CCCC1OCC1COc2ccccc21. The summed E-state index contributed by atoms with van der Waals surface area (Å²) in [4.78, 5) is 0. The van der Waals surface area contributed by atoms with Gasteiger partial charge in [-0.05, 0) is 31.4 Å². The Morgan fingerprint density at radius 1 is 1.28 bits per heavy atom. The van der Waals surface area contributed by atoms with Gasteiger partial charge in [0.05, 0.1) is 19.3 Å². The highest BCUT2D eigenvalue weighted by molar-refractivity contribution is 5.39. The maximum Gasteiger partial charge on any atom is 0.123 e. The van der Waals surface area contributed by atoms with Crippen molar-refractivity contribution in [3.63, 3.8) is 0 Å². The monoisotopic (exact) mass is 247 g/mol. The number of hydrogen-bond donors (Lipinski definition) is 1. The van der Waals surface area contributed by atoms with Gasteiger partial charge in [-0.1, -0.05) is 24.6 Å². The minimum atomic E-state index is 0.364. The van der Waals surface area contributed by atoms with Crippen LogP contribution in [0.5, 0.6) is 5.75 Å². The van der Waals surface area contributed by atoms with Gasteiger partial charge < -0.3 is 15.2 Å². The molecule has 1 heterocycles. The van der Waals surface area contributed by atoms with Crippen LogP contribution < -0.4 is 10.5 Å². The van der Waals surface area contributed by atoms with Crippen LogP contribution in [0.2, 0.25) is 0 Å². The van der Waals surface area contributed by atoms with Crippen molar-refractivity contribution < 1.29 is 9.47 Å². The van der Waals surface area contributed by atoms with Crippen LogP contribution in [0.4, 0.5) is 0 Å². The van der Waals surface area contributed by atoms with Gasteiger partial charge in [0, 0.05) is 11.5 Å². The molecule has 3 nitrogen and oxygen atoms in total. The van der Waals surface area contributed by atoms with Crippen molar-refractivity contribution in [2.24, 2.45) is 11.7 Å². The third-order valence-corrected chi connectivity index (χ3v) is 4.20. The third-order valence-electron chi connectivity index (χ3n) is 4.20. The summed E-state index contributed by atoms with van der Waals surface area (Å²) in [5.74, 6) is 1.97. The highest BCUT2D eigenvalue weighted by Crippen LogP contribution is 2.35. The lowest BCUT2D eigenvalue weighted by Gasteiger charge is -2.20. The molecule has 0 saturated heterocycles. The summed E-state index contributed by atoms with van der Waals surface area (Å²) in [6.07, 6.45) is 4.00. The van der Waals surface area contributed by atoms with Crippen LogP contribution >= 0.6 is 0 Å². The van der Waals surface area contributed by atoms with Gasteiger partial charge in [0.25, 0.3) is 0 Å². The summed E-state index contributed by atoms with van der Waals surface area (Å²) in [6.45, 7) is 2.26. The Morgan fingerprint density at radius 2 is 2.17 bits per heavy atom. The number of fused-ring (bicyclic) bond motifs is 1. The molecule has 1 aliphatic heterocycles. The van der Waals surface area contributed by atoms with Crippen LogP contribution in [0, 0.1) is 5.92 Å². The molecule has 3 rings (SSSR count). The van der Waals surface area contributed by atoms with E-state index in [9.17, 15) is 0 Å². The smallest absolute Gasteiger partial charge is 0.123 e. The molecule has 2 aliphatic rings. The molecule has 1 aromatic rings. The lowest BCUT2D eigenvalue weighted by molar-refractivity contribution is 0.0190. The van der Waals surface area contributed by atoms with Gasteiger partial charge in [0.15, 0.2) is 0 Å². The van der Waals surface area contributed by atoms with Crippen LogP contribution in [-0.4, -0.2) is 25.9 Å². The molecule has 1 saturated carbocycles. The Bertz CT molecular complexity index is 407. The second-order valence-electron chi connectivity index (χ2n) is 5.34. The van der Waals surface area contributed by atoms with Gasteiger partial charge in [-0.3, -0.25) is 0 Å². The molecule has 1 aliphatic carbocycles. The lowest BCUT2D eigenvalue weighted by atomic mass is 10.0. The van der Waals surface area contributed by atoms with Gasteiger partial charge in [0.1, 0.15) is 5.75 Å². The summed E-state index contributed by atoms with van der Waals surface area (Å²) >= 11 is 0. The van der Waals surface area contributed by atoms with Crippen molar-refractivity contribution in [3.05, 3.63) is 29.8 Å². The number of rotatable bonds is 4. The van der Waals surface area contributed by atoms with Crippen molar-refractivity contribution in [2.45, 2.75) is 31.3 Å². The summed E-state index contributed by atoms with van der Waals surface area (Å²) in [6, 6.07) is 8.27. The molecule has 2 N–H and O–H groups in total. The molecule has 18 heavy (non-hydrogen) atoms. The fourth-order valence-corrected chi connectivity index (χ4v) is 3.10. The average molecular weight is 247 g/mol. The molecule has 3 heteroatoms. The quantitative estimate of drug-likeness (QED) is 0.888.